The van der Waals surface area contributed by atoms with Crippen LogP contribution in [0.5, 0.6) is 5.75 Å². The number of aryl methyl sites for hydroxylation is 2. The molecule has 1 aromatic carbocycles. The molecule has 1 aliphatic carbocycles. The molecule has 1 amide bonds. The van der Waals surface area contributed by atoms with Crippen molar-refractivity contribution >= 4 is 34.2 Å². The molecule has 2 aromatic rings. The van der Waals surface area contributed by atoms with E-state index in [2.05, 4.69) is 12.2 Å². The number of rotatable bonds is 8. The summed E-state index contributed by atoms with van der Waals surface area (Å²) in [4.78, 5) is 38.0. The Balaban J connectivity index is 1.57. The number of carbonyl (C=O) groups is 3. The lowest BCUT2D eigenvalue weighted by atomic mass is 9.88. The number of ether oxygens (including phenoxy) is 3. The van der Waals surface area contributed by atoms with Crippen LogP contribution in [-0.2, 0) is 31.9 Å². The number of benzene rings is 1. The molecular weight excluding hydrogens is 430 g/mol. The van der Waals surface area contributed by atoms with E-state index in [9.17, 15) is 14.4 Å². The average Bonchev–Trinajstić information content (AvgIpc) is 3.10. The normalized spacial score (nSPS) is 14.9. The maximum atomic E-state index is 12.5. The van der Waals surface area contributed by atoms with Crippen LogP contribution in [0.2, 0.25) is 0 Å². The number of esters is 2. The molecule has 7 nitrogen and oxygen atoms in total. The molecule has 32 heavy (non-hydrogen) atoms. The number of anilines is 1. The fourth-order valence-corrected chi connectivity index (χ4v) is 4.97. The largest absolute Gasteiger partial charge is 0.482 e. The SMILES string of the molecule is CCOC(=O)c1c(NC(=O)COC(=O)COc2ccc(C)c(C)c2)sc2c1CCC(C)C2. The van der Waals surface area contributed by atoms with Crippen molar-refractivity contribution in [2.24, 2.45) is 5.92 Å². The molecule has 3 rings (SSSR count). The van der Waals surface area contributed by atoms with Crippen LogP contribution in [0.3, 0.4) is 0 Å². The van der Waals surface area contributed by atoms with Gasteiger partial charge in [-0.2, -0.15) is 0 Å². The molecule has 0 saturated carbocycles. The minimum absolute atomic E-state index is 0.255. The first-order valence-corrected chi connectivity index (χ1v) is 11.6. The summed E-state index contributed by atoms with van der Waals surface area (Å²) in [5.41, 5.74) is 3.57. The summed E-state index contributed by atoms with van der Waals surface area (Å²) in [5, 5.41) is 3.18. The van der Waals surface area contributed by atoms with Gasteiger partial charge in [0, 0.05) is 4.88 Å². The van der Waals surface area contributed by atoms with Gasteiger partial charge in [0.05, 0.1) is 12.2 Å². The van der Waals surface area contributed by atoms with E-state index in [0.717, 1.165) is 40.8 Å². The van der Waals surface area contributed by atoms with Crippen LogP contribution in [0.15, 0.2) is 18.2 Å². The van der Waals surface area contributed by atoms with Crippen molar-refractivity contribution in [2.75, 3.05) is 25.1 Å². The Kier molecular flexibility index (Phi) is 7.90. The fraction of sp³-hybridized carbons (Fsp3) is 0.458. The number of carbonyl (C=O) groups excluding carboxylic acids is 3. The highest BCUT2D eigenvalue weighted by Gasteiger charge is 2.29. The standard InChI is InChI=1S/C24H29NO6S/c1-5-29-24(28)22-18-9-6-14(2)10-19(18)32-23(22)25-20(26)12-31-21(27)13-30-17-8-7-15(3)16(4)11-17/h7-8,11,14H,5-6,9-10,12-13H2,1-4H3,(H,25,26). The number of hydrogen-bond donors (Lipinski definition) is 1. The second kappa shape index (κ2) is 10.6. The smallest absolute Gasteiger partial charge is 0.344 e. The predicted molar refractivity (Wildman–Crippen MR) is 122 cm³/mol. The third-order valence-electron chi connectivity index (χ3n) is 5.44. The zero-order valence-electron chi connectivity index (χ0n) is 18.9. The zero-order chi connectivity index (χ0) is 23.3. The Labute approximate surface area is 192 Å². The first-order chi connectivity index (χ1) is 15.3. The molecular formula is C24H29NO6S. The van der Waals surface area contributed by atoms with Gasteiger partial charge < -0.3 is 19.5 Å². The molecule has 8 heteroatoms. The molecule has 1 aliphatic rings. The number of hydrogen-bond acceptors (Lipinski definition) is 7. The highest BCUT2D eigenvalue weighted by Crippen LogP contribution is 2.40. The minimum atomic E-state index is -0.650. The third kappa shape index (κ3) is 5.88. The second-order valence-corrected chi connectivity index (χ2v) is 9.13. The summed E-state index contributed by atoms with van der Waals surface area (Å²) in [7, 11) is 0. The summed E-state index contributed by atoms with van der Waals surface area (Å²) in [6.07, 6.45) is 2.64. The molecule has 1 atom stereocenters. The zero-order valence-corrected chi connectivity index (χ0v) is 19.7. The number of fused-ring (bicyclic) bond motifs is 1. The van der Waals surface area contributed by atoms with Gasteiger partial charge in [0.1, 0.15) is 10.8 Å². The van der Waals surface area contributed by atoms with E-state index in [0.29, 0.717) is 22.2 Å². The van der Waals surface area contributed by atoms with Crippen LogP contribution in [-0.4, -0.2) is 37.7 Å². The Morgan fingerprint density at radius 3 is 2.62 bits per heavy atom. The van der Waals surface area contributed by atoms with Crippen LogP contribution in [0.25, 0.3) is 0 Å². The fourth-order valence-electron chi connectivity index (χ4n) is 3.55. The van der Waals surface area contributed by atoms with Gasteiger partial charge in [-0.15, -0.1) is 11.3 Å². The summed E-state index contributed by atoms with van der Waals surface area (Å²) in [5.74, 6) is -0.511. The average molecular weight is 460 g/mol. The van der Waals surface area contributed by atoms with Gasteiger partial charge in [-0.1, -0.05) is 13.0 Å². The lowest BCUT2D eigenvalue weighted by molar-refractivity contribution is -0.149. The first-order valence-electron chi connectivity index (χ1n) is 10.8. The Morgan fingerprint density at radius 1 is 1.12 bits per heavy atom. The molecule has 1 N–H and O–H groups in total. The second-order valence-electron chi connectivity index (χ2n) is 8.02. The van der Waals surface area contributed by atoms with E-state index in [-0.39, 0.29) is 13.2 Å². The monoisotopic (exact) mass is 459 g/mol. The van der Waals surface area contributed by atoms with Crippen LogP contribution in [0, 0.1) is 19.8 Å². The summed E-state index contributed by atoms with van der Waals surface area (Å²) >= 11 is 1.39. The molecule has 1 unspecified atom stereocenters. The topological polar surface area (TPSA) is 90.9 Å². The molecule has 0 spiro atoms. The quantitative estimate of drug-likeness (QED) is 0.594. The maximum absolute atomic E-state index is 12.5. The molecule has 0 aliphatic heterocycles. The van der Waals surface area contributed by atoms with E-state index in [1.54, 1.807) is 13.0 Å². The summed E-state index contributed by atoms with van der Waals surface area (Å²) < 4.78 is 15.7. The van der Waals surface area contributed by atoms with Crippen molar-refractivity contribution in [3.05, 3.63) is 45.3 Å². The highest BCUT2D eigenvalue weighted by molar-refractivity contribution is 7.17. The van der Waals surface area contributed by atoms with Crippen molar-refractivity contribution in [2.45, 2.75) is 47.0 Å². The van der Waals surface area contributed by atoms with E-state index >= 15 is 0 Å². The minimum Gasteiger partial charge on any atom is -0.482 e. The first kappa shape index (κ1) is 23.8. The number of nitrogens with one attached hydrogen (secondary N) is 1. The Morgan fingerprint density at radius 2 is 1.91 bits per heavy atom. The van der Waals surface area contributed by atoms with E-state index in [1.807, 2.05) is 26.0 Å². The van der Waals surface area contributed by atoms with Gasteiger partial charge in [0.2, 0.25) is 0 Å². The van der Waals surface area contributed by atoms with Gasteiger partial charge in [-0.25, -0.2) is 9.59 Å². The van der Waals surface area contributed by atoms with Crippen molar-refractivity contribution in [1.29, 1.82) is 0 Å². The van der Waals surface area contributed by atoms with Crippen LogP contribution >= 0.6 is 11.3 Å². The molecule has 1 aromatic heterocycles. The molecule has 1 heterocycles. The van der Waals surface area contributed by atoms with Gasteiger partial charge >= 0.3 is 11.9 Å². The number of thiophene rings is 1. The third-order valence-corrected chi connectivity index (χ3v) is 6.61. The van der Waals surface area contributed by atoms with Gasteiger partial charge in [0.15, 0.2) is 13.2 Å². The summed E-state index contributed by atoms with van der Waals surface area (Å²) in [6.45, 7) is 7.36. The van der Waals surface area contributed by atoms with Crippen LogP contribution in [0.4, 0.5) is 5.00 Å². The molecule has 0 saturated heterocycles. The maximum Gasteiger partial charge on any atom is 0.344 e. The van der Waals surface area contributed by atoms with Crippen LogP contribution in [0.1, 0.15) is 52.2 Å². The lowest BCUT2D eigenvalue weighted by Crippen LogP contribution is -2.24. The Bertz CT molecular complexity index is 1010. The van der Waals surface area contributed by atoms with Crippen LogP contribution < -0.4 is 10.1 Å². The van der Waals surface area contributed by atoms with Gasteiger partial charge in [-0.3, -0.25) is 4.79 Å². The molecule has 0 bridgehead atoms. The predicted octanol–water partition coefficient (Wildman–Crippen LogP) is 4.23. The van der Waals surface area contributed by atoms with E-state index in [4.69, 9.17) is 14.2 Å². The van der Waals surface area contributed by atoms with Crippen molar-refractivity contribution in [3.8, 4) is 5.75 Å². The summed E-state index contributed by atoms with van der Waals surface area (Å²) in [6, 6.07) is 5.52. The van der Waals surface area contributed by atoms with Gasteiger partial charge in [0.25, 0.3) is 5.91 Å². The molecule has 0 fully saturated rings. The van der Waals surface area contributed by atoms with Crippen molar-refractivity contribution < 1.29 is 28.6 Å². The van der Waals surface area contributed by atoms with E-state index < -0.39 is 24.5 Å². The molecule has 172 valence electrons. The Hall–Kier alpha value is -2.87. The van der Waals surface area contributed by atoms with Crippen molar-refractivity contribution in [1.82, 2.24) is 0 Å². The van der Waals surface area contributed by atoms with Gasteiger partial charge in [-0.05, 0) is 74.8 Å². The number of amides is 1. The molecule has 0 radical (unpaired) electrons. The van der Waals surface area contributed by atoms with Crippen molar-refractivity contribution in [3.63, 3.8) is 0 Å². The lowest BCUT2D eigenvalue weighted by Gasteiger charge is -2.18. The van der Waals surface area contributed by atoms with E-state index in [1.165, 1.54) is 11.3 Å². The highest BCUT2D eigenvalue weighted by atomic mass is 32.1.